The van der Waals surface area contributed by atoms with Crippen LogP contribution < -0.4 is 10.9 Å². The van der Waals surface area contributed by atoms with E-state index in [1.807, 2.05) is 19.1 Å². The fourth-order valence-electron chi connectivity index (χ4n) is 2.61. The highest BCUT2D eigenvalue weighted by Gasteiger charge is 2.20. The van der Waals surface area contributed by atoms with Gasteiger partial charge < -0.3 is 10.3 Å². The van der Waals surface area contributed by atoms with Crippen LogP contribution in [-0.4, -0.2) is 21.1 Å². The fraction of sp³-hybridized carbons (Fsp3) is 0.143. The molecule has 0 saturated heterocycles. The Kier molecular flexibility index (Phi) is 6.83. The second kappa shape index (κ2) is 9.35. The number of hydrogen-bond donors (Lipinski definition) is 2. The van der Waals surface area contributed by atoms with E-state index in [1.165, 1.54) is 0 Å². The van der Waals surface area contributed by atoms with Crippen molar-refractivity contribution in [1.29, 1.82) is 5.26 Å². The van der Waals surface area contributed by atoms with E-state index in [0.29, 0.717) is 21.3 Å². The average Bonchev–Trinajstić information content (AvgIpc) is 2.71. The number of nitrogens with one attached hydrogen (secondary N) is 2. The zero-order valence-corrected chi connectivity index (χ0v) is 18.3. The summed E-state index contributed by atoms with van der Waals surface area (Å²) in [6.45, 7) is 3.56. The minimum atomic E-state index is -0.572. The highest BCUT2D eigenvalue weighted by atomic mass is 35.5. The number of thioether (sulfide) groups is 1. The number of carbonyl (C=O) groups excluding carboxylic acids is 1. The van der Waals surface area contributed by atoms with Gasteiger partial charge in [-0.05, 0) is 43.7 Å². The minimum Gasteiger partial charge on any atom is -0.325 e. The van der Waals surface area contributed by atoms with Crippen LogP contribution in [0.5, 0.6) is 0 Å². The van der Waals surface area contributed by atoms with Gasteiger partial charge in [0, 0.05) is 21.3 Å². The van der Waals surface area contributed by atoms with E-state index in [0.717, 1.165) is 17.3 Å². The van der Waals surface area contributed by atoms with Crippen LogP contribution in [0, 0.1) is 18.3 Å². The van der Waals surface area contributed by atoms with Gasteiger partial charge in [0.2, 0.25) is 5.91 Å². The van der Waals surface area contributed by atoms with E-state index in [4.69, 9.17) is 23.2 Å². The molecule has 1 heterocycles. The first-order valence-corrected chi connectivity index (χ1v) is 10.5. The number of anilines is 1. The Morgan fingerprint density at radius 2 is 1.87 bits per heavy atom. The number of aryl methyl sites for hydroxylation is 1. The molecule has 0 radical (unpaired) electrons. The Morgan fingerprint density at radius 1 is 1.20 bits per heavy atom. The molecule has 0 saturated carbocycles. The monoisotopic (exact) mass is 458 g/mol. The Hall–Kier alpha value is -2.79. The van der Waals surface area contributed by atoms with Crippen LogP contribution in [0.2, 0.25) is 10.0 Å². The third-order valence-corrected chi connectivity index (χ3v) is 5.71. The maximum Gasteiger partial charge on any atom is 0.270 e. The number of rotatable bonds is 5. The van der Waals surface area contributed by atoms with Gasteiger partial charge in [-0.3, -0.25) is 9.59 Å². The largest absolute Gasteiger partial charge is 0.325 e. The highest BCUT2D eigenvalue weighted by molar-refractivity contribution is 8.00. The van der Waals surface area contributed by atoms with Gasteiger partial charge in [0.1, 0.15) is 11.6 Å². The number of hydrogen-bond acceptors (Lipinski definition) is 5. The number of benzene rings is 2. The number of aromatic amines is 1. The lowest BCUT2D eigenvalue weighted by Gasteiger charge is -2.14. The SMILES string of the molecule is Cc1ccc(Cl)cc1NC(=O)[C@@H](C)Sc1nc(-c2ccc(Cl)cc2)c(C#N)c(=O)[nH]1. The van der Waals surface area contributed by atoms with Crippen LogP contribution in [0.15, 0.2) is 52.4 Å². The molecule has 1 atom stereocenters. The zero-order valence-electron chi connectivity index (χ0n) is 16.0. The van der Waals surface area contributed by atoms with Crippen molar-refractivity contribution in [2.45, 2.75) is 24.3 Å². The molecule has 0 aliphatic carbocycles. The summed E-state index contributed by atoms with van der Waals surface area (Å²) in [7, 11) is 0. The minimum absolute atomic E-state index is 0.103. The van der Waals surface area contributed by atoms with E-state index in [2.05, 4.69) is 15.3 Å². The molecule has 152 valence electrons. The molecule has 3 rings (SSSR count). The summed E-state index contributed by atoms with van der Waals surface area (Å²) in [5.74, 6) is -0.273. The van der Waals surface area contributed by atoms with Crippen molar-refractivity contribution in [3.63, 3.8) is 0 Å². The molecule has 1 aromatic heterocycles. The van der Waals surface area contributed by atoms with E-state index in [9.17, 15) is 14.9 Å². The lowest BCUT2D eigenvalue weighted by molar-refractivity contribution is -0.115. The van der Waals surface area contributed by atoms with Gasteiger partial charge in [0.05, 0.1) is 10.9 Å². The second-order valence-electron chi connectivity index (χ2n) is 6.42. The molecule has 30 heavy (non-hydrogen) atoms. The molecule has 1 amide bonds. The molecule has 0 aliphatic heterocycles. The van der Waals surface area contributed by atoms with Crippen molar-refractivity contribution in [3.05, 3.63) is 74.0 Å². The Bertz CT molecular complexity index is 1200. The number of amides is 1. The third-order valence-electron chi connectivity index (χ3n) is 4.24. The number of H-pyrrole nitrogens is 1. The van der Waals surface area contributed by atoms with E-state index >= 15 is 0 Å². The molecule has 0 aliphatic rings. The molecule has 2 N–H and O–H groups in total. The summed E-state index contributed by atoms with van der Waals surface area (Å²) >= 11 is 13.0. The number of halogens is 2. The maximum absolute atomic E-state index is 12.6. The Labute approximate surface area is 187 Å². The lowest BCUT2D eigenvalue weighted by atomic mass is 10.1. The number of carbonyl (C=O) groups is 1. The zero-order chi connectivity index (χ0) is 21.8. The standard InChI is InChI=1S/C21H16Cl2N4O2S/c1-11-3-6-15(23)9-17(11)25-19(28)12(2)30-21-26-18(16(10-24)20(29)27-21)13-4-7-14(22)8-5-13/h3-9,12H,1-2H3,(H,25,28)(H,26,27,29)/t12-/m1/s1. The molecule has 0 unspecified atom stereocenters. The van der Waals surface area contributed by atoms with Gasteiger partial charge in [-0.15, -0.1) is 0 Å². The van der Waals surface area contributed by atoms with Gasteiger partial charge in [0.15, 0.2) is 5.16 Å². The Balaban J connectivity index is 1.86. The first kappa shape index (κ1) is 21.9. The summed E-state index contributed by atoms with van der Waals surface area (Å²) < 4.78 is 0. The van der Waals surface area contributed by atoms with E-state index in [-0.39, 0.29) is 22.3 Å². The van der Waals surface area contributed by atoms with Crippen LogP contribution in [0.25, 0.3) is 11.3 Å². The smallest absolute Gasteiger partial charge is 0.270 e. The number of nitrogens with zero attached hydrogens (tertiary/aromatic N) is 2. The van der Waals surface area contributed by atoms with Gasteiger partial charge in [-0.1, -0.05) is 53.2 Å². The molecule has 6 nitrogen and oxygen atoms in total. The molecule has 0 fully saturated rings. The molecular weight excluding hydrogens is 443 g/mol. The van der Waals surface area contributed by atoms with Crippen molar-refractivity contribution in [2.24, 2.45) is 0 Å². The highest BCUT2D eigenvalue weighted by Crippen LogP contribution is 2.27. The second-order valence-corrected chi connectivity index (χ2v) is 8.62. The van der Waals surface area contributed by atoms with Crippen LogP contribution in [0.3, 0.4) is 0 Å². The van der Waals surface area contributed by atoms with Gasteiger partial charge >= 0.3 is 0 Å². The normalized spacial score (nSPS) is 11.6. The summed E-state index contributed by atoms with van der Waals surface area (Å²) in [5.41, 5.74) is 1.63. The van der Waals surface area contributed by atoms with Crippen molar-refractivity contribution < 1.29 is 4.79 Å². The molecule has 9 heteroatoms. The van der Waals surface area contributed by atoms with Gasteiger partial charge in [-0.2, -0.15) is 5.26 Å². The number of nitriles is 1. The molecule has 0 bridgehead atoms. The predicted molar refractivity (Wildman–Crippen MR) is 120 cm³/mol. The summed E-state index contributed by atoms with van der Waals surface area (Å²) in [6, 6.07) is 13.8. The van der Waals surface area contributed by atoms with E-state index < -0.39 is 10.8 Å². The lowest BCUT2D eigenvalue weighted by Crippen LogP contribution is -2.24. The average molecular weight is 459 g/mol. The first-order valence-electron chi connectivity index (χ1n) is 8.82. The summed E-state index contributed by atoms with van der Waals surface area (Å²) in [6.07, 6.45) is 0. The van der Waals surface area contributed by atoms with Crippen molar-refractivity contribution in [2.75, 3.05) is 5.32 Å². The van der Waals surface area contributed by atoms with Crippen molar-refractivity contribution >= 4 is 46.6 Å². The van der Waals surface area contributed by atoms with Crippen LogP contribution in [-0.2, 0) is 4.79 Å². The molecule has 3 aromatic rings. The topological polar surface area (TPSA) is 98.6 Å². The van der Waals surface area contributed by atoms with Gasteiger partial charge in [0.25, 0.3) is 5.56 Å². The van der Waals surface area contributed by atoms with E-state index in [1.54, 1.807) is 43.3 Å². The van der Waals surface area contributed by atoms with Crippen molar-refractivity contribution in [3.8, 4) is 17.3 Å². The Morgan fingerprint density at radius 3 is 2.53 bits per heavy atom. The van der Waals surface area contributed by atoms with Crippen LogP contribution in [0.4, 0.5) is 5.69 Å². The summed E-state index contributed by atoms with van der Waals surface area (Å²) in [4.78, 5) is 32.0. The third kappa shape index (κ3) is 5.03. The molecule has 0 spiro atoms. The predicted octanol–water partition coefficient (Wildman–Crippen LogP) is 5.04. The first-order chi connectivity index (χ1) is 14.3. The van der Waals surface area contributed by atoms with Crippen LogP contribution >= 0.6 is 35.0 Å². The maximum atomic E-state index is 12.6. The molecular formula is C21H16Cl2N4O2S. The molecule has 2 aromatic carbocycles. The van der Waals surface area contributed by atoms with Crippen molar-refractivity contribution in [1.82, 2.24) is 9.97 Å². The number of aromatic nitrogens is 2. The fourth-order valence-corrected chi connectivity index (χ4v) is 3.71. The summed E-state index contributed by atoms with van der Waals surface area (Å²) in [5, 5.41) is 12.9. The van der Waals surface area contributed by atoms with Crippen LogP contribution in [0.1, 0.15) is 18.1 Å². The van der Waals surface area contributed by atoms with Gasteiger partial charge in [-0.25, -0.2) is 4.98 Å². The quantitative estimate of drug-likeness (QED) is 0.411.